The van der Waals surface area contributed by atoms with Crippen LogP contribution in [0.2, 0.25) is 0 Å². The number of para-hydroxylation sites is 2. The van der Waals surface area contributed by atoms with Crippen LogP contribution in [-0.4, -0.2) is 15.5 Å². The van der Waals surface area contributed by atoms with Crippen LogP contribution < -0.4 is 5.32 Å². The van der Waals surface area contributed by atoms with Crippen LogP contribution in [0.25, 0.3) is 11.0 Å². The van der Waals surface area contributed by atoms with Crippen LogP contribution >= 0.6 is 0 Å². The summed E-state index contributed by atoms with van der Waals surface area (Å²) in [6.07, 6.45) is 0.314. The van der Waals surface area contributed by atoms with Gasteiger partial charge in [-0.2, -0.15) is 0 Å². The van der Waals surface area contributed by atoms with Gasteiger partial charge in [0.25, 0.3) is 0 Å². The van der Waals surface area contributed by atoms with E-state index in [0.29, 0.717) is 24.4 Å². The molecule has 4 aromatic rings. The zero-order chi connectivity index (χ0) is 19.3. The third-order valence-electron chi connectivity index (χ3n) is 4.67. The topological polar surface area (TPSA) is 46.9 Å². The predicted molar refractivity (Wildman–Crippen MR) is 107 cm³/mol. The third-order valence-corrected chi connectivity index (χ3v) is 4.67. The number of nitrogens with one attached hydrogen (secondary N) is 1. The Labute approximate surface area is 162 Å². The van der Waals surface area contributed by atoms with Gasteiger partial charge in [-0.15, -0.1) is 0 Å². The molecule has 4 rings (SSSR count). The summed E-state index contributed by atoms with van der Waals surface area (Å²) >= 11 is 0. The minimum Gasteiger partial charge on any atom is -0.349 e. The second kappa shape index (κ2) is 8.05. The highest BCUT2D eigenvalue weighted by Crippen LogP contribution is 2.19. The molecule has 0 aliphatic carbocycles. The SMILES string of the molecule is O=C(Cc1ccccc1)NCc1nc2ccccc2n1Cc1ccccc1F. The maximum absolute atomic E-state index is 14.2. The van der Waals surface area contributed by atoms with Crippen molar-refractivity contribution in [2.24, 2.45) is 0 Å². The summed E-state index contributed by atoms with van der Waals surface area (Å²) in [6.45, 7) is 0.645. The molecule has 0 spiro atoms. The van der Waals surface area contributed by atoms with Gasteiger partial charge >= 0.3 is 0 Å². The summed E-state index contributed by atoms with van der Waals surface area (Å²) < 4.78 is 16.1. The number of hydrogen-bond donors (Lipinski definition) is 1. The number of nitrogens with zero attached hydrogens (tertiary/aromatic N) is 2. The lowest BCUT2D eigenvalue weighted by atomic mass is 10.1. The molecule has 0 aliphatic heterocycles. The molecule has 0 saturated heterocycles. The van der Waals surface area contributed by atoms with Crippen molar-refractivity contribution in [3.8, 4) is 0 Å². The minimum absolute atomic E-state index is 0.0734. The van der Waals surface area contributed by atoms with Gasteiger partial charge in [0.15, 0.2) is 0 Å². The number of aromatic nitrogens is 2. The molecular formula is C23H20FN3O. The lowest BCUT2D eigenvalue weighted by Gasteiger charge is -2.11. The normalized spacial score (nSPS) is 10.9. The number of hydrogen-bond acceptors (Lipinski definition) is 2. The van der Waals surface area contributed by atoms with Crippen LogP contribution in [0.15, 0.2) is 78.9 Å². The van der Waals surface area contributed by atoms with Gasteiger partial charge in [-0.25, -0.2) is 9.37 Å². The summed E-state index contributed by atoms with van der Waals surface area (Å²) in [5.74, 6) is 0.376. The van der Waals surface area contributed by atoms with Crippen molar-refractivity contribution in [2.75, 3.05) is 0 Å². The van der Waals surface area contributed by atoms with Crippen LogP contribution in [0, 0.1) is 5.82 Å². The van der Waals surface area contributed by atoms with E-state index in [1.165, 1.54) is 6.07 Å². The highest BCUT2D eigenvalue weighted by atomic mass is 19.1. The van der Waals surface area contributed by atoms with Crippen LogP contribution in [0.5, 0.6) is 0 Å². The van der Waals surface area contributed by atoms with Crippen molar-refractivity contribution in [2.45, 2.75) is 19.5 Å². The van der Waals surface area contributed by atoms with Crippen molar-refractivity contribution in [1.29, 1.82) is 0 Å². The summed E-state index contributed by atoms with van der Waals surface area (Å²) in [6, 6.07) is 24.0. The van der Waals surface area contributed by atoms with Crippen LogP contribution in [-0.2, 0) is 24.3 Å². The summed E-state index contributed by atoms with van der Waals surface area (Å²) in [5.41, 5.74) is 3.28. The molecule has 0 fully saturated rings. The molecule has 0 saturated carbocycles. The molecule has 0 aliphatic rings. The van der Waals surface area contributed by atoms with Gasteiger partial charge in [-0.3, -0.25) is 4.79 Å². The number of imidazole rings is 1. The molecule has 1 N–H and O–H groups in total. The summed E-state index contributed by atoms with van der Waals surface area (Å²) in [5, 5.41) is 2.93. The second-order valence-corrected chi connectivity index (χ2v) is 6.63. The van der Waals surface area contributed by atoms with E-state index in [0.717, 1.165) is 16.6 Å². The van der Waals surface area contributed by atoms with E-state index in [4.69, 9.17) is 0 Å². The van der Waals surface area contributed by atoms with E-state index in [1.807, 2.05) is 65.2 Å². The maximum atomic E-state index is 14.2. The number of carbonyl (C=O) groups excluding carboxylic acids is 1. The van der Waals surface area contributed by atoms with E-state index in [9.17, 15) is 9.18 Å². The van der Waals surface area contributed by atoms with Crippen molar-refractivity contribution in [3.05, 3.63) is 102 Å². The predicted octanol–water partition coefficient (Wildman–Crippen LogP) is 4.08. The van der Waals surface area contributed by atoms with E-state index < -0.39 is 0 Å². The lowest BCUT2D eigenvalue weighted by molar-refractivity contribution is -0.120. The van der Waals surface area contributed by atoms with Gasteiger partial charge in [0, 0.05) is 5.56 Å². The third kappa shape index (κ3) is 3.93. The fraction of sp³-hybridized carbons (Fsp3) is 0.130. The van der Waals surface area contributed by atoms with Crippen molar-refractivity contribution < 1.29 is 9.18 Å². The average molecular weight is 373 g/mol. The standard InChI is InChI=1S/C23H20FN3O/c24-19-11-5-4-10-18(19)16-27-21-13-7-6-12-20(21)26-22(27)15-25-23(28)14-17-8-2-1-3-9-17/h1-13H,14-16H2,(H,25,28). The maximum Gasteiger partial charge on any atom is 0.224 e. The fourth-order valence-corrected chi connectivity index (χ4v) is 3.26. The van der Waals surface area contributed by atoms with Crippen LogP contribution in [0.1, 0.15) is 17.0 Å². The Balaban J connectivity index is 1.56. The Morgan fingerprint density at radius 1 is 0.929 bits per heavy atom. The van der Waals surface area contributed by atoms with E-state index in [-0.39, 0.29) is 18.3 Å². The molecule has 0 bridgehead atoms. The second-order valence-electron chi connectivity index (χ2n) is 6.63. The molecule has 4 nitrogen and oxygen atoms in total. The Bertz CT molecular complexity index is 1110. The molecule has 3 aromatic carbocycles. The Kier molecular flexibility index (Phi) is 5.15. The Hall–Kier alpha value is -3.47. The average Bonchev–Trinajstić information content (AvgIpc) is 3.06. The molecule has 140 valence electrons. The Morgan fingerprint density at radius 3 is 2.46 bits per heavy atom. The Morgan fingerprint density at radius 2 is 1.64 bits per heavy atom. The number of amides is 1. The number of halogens is 1. The molecular weight excluding hydrogens is 353 g/mol. The van der Waals surface area contributed by atoms with E-state index in [2.05, 4.69) is 10.3 Å². The highest BCUT2D eigenvalue weighted by molar-refractivity contribution is 5.79. The van der Waals surface area contributed by atoms with Crippen molar-refractivity contribution in [1.82, 2.24) is 14.9 Å². The largest absolute Gasteiger partial charge is 0.349 e. The van der Waals surface area contributed by atoms with E-state index in [1.54, 1.807) is 12.1 Å². The minimum atomic E-state index is -0.251. The first kappa shape index (κ1) is 17.9. The first-order valence-electron chi connectivity index (χ1n) is 9.19. The molecule has 1 amide bonds. The molecule has 0 unspecified atom stereocenters. The fourth-order valence-electron chi connectivity index (χ4n) is 3.26. The van der Waals surface area contributed by atoms with Gasteiger partial charge in [-0.1, -0.05) is 60.7 Å². The van der Waals surface area contributed by atoms with Gasteiger partial charge in [0.05, 0.1) is 30.5 Å². The smallest absolute Gasteiger partial charge is 0.224 e. The monoisotopic (exact) mass is 373 g/mol. The van der Waals surface area contributed by atoms with Crippen molar-refractivity contribution in [3.63, 3.8) is 0 Å². The van der Waals surface area contributed by atoms with Crippen LogP contribution in [0.3, 0.4) is 0 Å². The number of rotatable bonds is 6. The quantitative estimate of drug-likeness (QED) is 0.554. The summed E-state index contributed by atoms with van der Waals surface area (Å²) in [4.78, 5) is 17.0. The van der Waals surface area contributed by atoms with Gasteiger partial charge in [-0.05, 0) is 23.8 Å². The van der Waals surface area contributed by atoms with E-state index >= 15 is 0 Å². The zero-order valence-electron chi connectivity index (χ0n) is 15.3. The van der Waals surface area contributed by atoms with Crippen LogP contribution in [0.4, 0.5) is 4.39 Å². The number of carbonyl (C=O) groups is 1. The molecule has 28 heavy (non-hydrogen) atoms. The molecule has 1 aromatic heterocycles. The first-order chi connectivity index (χ1) is 13.7. The highest BCUT2D eigenvalue weighted by Gasteiger charge is 2.13. The molecule has 0 atom stereocenters. The summed E-state index contributed by atoms with van der Waals surface area (Å²) in [7, 11) is 0. The number of fused-ring (bicyclic) bond motifs is 1. The number of benzene rings is 3. The van der Waals surface area contributed by atoms with Gasteiger partial charge < -0.3 is 9.88 Å². The van der Waals surface area contributed by atoms with Crippen molar-refractivity contribution >= 4 is 16.9 Å². The molecule has 0 radical (unpaired) electrons. The van der Waals surface area contributed by atoms with Gasteiger partial charge in [0.1, 0.15) is 11.6 Å². The zero-order valence-corrected chi connectivity index (χ0v) is 15.3. The molecule has 5 heteroatoms. The molecule has 1 heterocycles. The first-order valence-corrected chi connectivity index (χ1v) is 9.19. The van der Waals surface area contributed by atoms with Gasteiger partial charge in [0.2, 0.25) is 5.91 Å². The lowest BCUT2D eigenvalue weighted by Crippen LogP contribution is -2.26.